The largest absolute Gasteiger partial charge is 0.343 e. The zero-order valence-electron chi connectivity index (χ0n) is 10.7. The van der Waals surface area contributed by atoms with E-state index in [2.05, 4.69) is 17.2 Å². The van der Waals surface area contributed by atoms with E-state index >= 15 is 0 Å². The Labute approximate surface area is 115 Å². The molecule has 0 aliphatic carbocycles. The van der Waals surface area contributed by atoms with E-state index in [9.17, 15) is 9.59 Å². The molecule has 1 aromatic carbocycles. The number of allylic oxidation sites excluding steroid dienone is 1. The molecule has 2 heterocycles. The lowest BCUT2D eigenvalue weighted by molar-refractivity contribution is -0.115. The lowest BCUT2D eigenvalue weighted by atomic mass is 10.1. The number of nitrogens with zero attached hydrogens (tertiary/aromatic N) is 1. The molecule has 1 aromatic heterocycles. The fourth-order valence-electron chi connectivity index (χ4n) is 2.32. The Bertz CT molecular complexity index is 756. The van der Waals surface area contributed by atoms with Crippen LogP contribution in [0.15, 0.2) is 48.8 Å². The van der Waals surface area contributed by atoms with Crippen LogP contribution >= 0.6 is 0 Å². The first-order chi connectivity index (χ1) is 9.69. The normalized spacial score (nSPS) is 16.5. The predicted molar refractivity (Wildman–Crippen MR) is 76.8 cm³/mol. The molecule has 5 nitrogen and oxygen atoms in total. The van der Waals surface area contributed by atoms with E-state index in [0.29, 0.717) is 6.54 Å². The van der Waals surface area contributed by atoms with Crippen LogP contribution in [0.5, 0.6) is 0 Å². The lowest BCUT2D eigenvalue weighted by Crippen LogP contribution is -2.22. The summed E-state index contributed by atoms with van der Waals surface area (Å²) in [6, 6.07) is 7.40. The van der Waals surface area contributed by atoms with Crippen LogP contribution in [0.3, 0.4) is 0 Å². The van der Waals surface area contributed by atoms with Crippen LogP contribution in [-0.4, -0.2) is 16.5 Å². The van der Waals surface area contributed by atoms with Crippen molar-refractivity contribution in [3.8, 4) is 0 Å². The highest BCUT2D eigenvalue weighted by Gasteiger charge is 2.23. The molecule has 1 fully saturated rings. The van der Waals surface area contributed by atoms with Crippen molar-refractivity contribution in [1.82, 2.24) is 15.2 Å². The molecule has 0 unspecified atom stereocenters. The van der Waals surface area contributed by atoms with Gasteiger partial charge in [-0.15, -0.1) is 6.58 Å². The van der Waals surface area contributed by atoms with Gasteiger partial charge in [-0.1, -0.05) is 24.3 Å². The summed E-state index contributed by atoms with van der Waals surface area (Å²) < 4.78 is 2.05. The molecule has 1 saturated heterocycles. The van der Waals surface area contributed by atoms with Crippen LogP contribution in [0.1, 0.15) is 5.56 Å². The van der Waals surface area contributed by atoms with Crippen molar-refractivity contribution in [2.75, 3.05) is 0 Å². The molecule has 20 heavy (non-hydrogen) atoms. The number of fused-ring (bicyclic) bond motifs is 1. The van der Waals surface area contributed by atoms with Gasteiger partial charge in [-0.3, -0.25) is 10.1 Å². The molecule has 0 radical (unpaired) electrons. The molecule has 5 heteroatoms. The first kappa shape index (κ1) is 12.2. The van der Waals surface area contributed by atoms with Gasteiger partial charge in [0.25, 0.3) is 5.91 Å². The smallest absolute Gasteiger partial charge is 0.326 e. The van der Waals surface area contributed by atoms with E-state index in [1.54, 1.807) is 6.08 Å². The Morgan fingerprint density at radius 1 is 1.20 bits per heavy atom. The first-order valence-electron chi connectivity index (χ1n) is 6.22. The number of carbonyl (C=O) groups is 2. The number of urea groups is 1. The van der Waals surface area contributed by atoms with Gasteiger partial charge in [-0.2, -0.15) is 0 Å². The minimum atomic E-state index is -0.490. The summed E-state index contributed by atoms with van der Waals surface area (Å²) in [5.41, 5.74) is 2.20. The summed E-state index contributed by atoms with van der Waals surface area (Å²) in [6.07, 6.45) is 5.44. The molecule has 0 atom stereocenters. The first-order valence-corrected chi connectivity index (χ1v) is 6.22. The summed E-state index contributed by atoms with van der Waals surface area (Å²) >= 11 is 0. The van der Waals surface area contributed by atoms with E-state index in [1.807, 2.05) is 41.1 Å². The Morgan fingerprint density at radius 2 is 2.00 bits per heavy atom. The fourth-order valence-corrected chi connectivity index (χ4v) is 2.32. The number of carbonyl (C=O) groups excluding carboxylic acids is 2. The number of benzene rings is 1. The van der Waals surface area contributed by atoms with Crippen molar-refractivity contribution in [3.63, 3.8) is 0 Å². The van der Waals surface area contributed by atoms with Crippen molar-refractivity contribution in [1.29, 1.82) is 0 Å². The maximum absolute atomic E-state index is 11.6. The van der Waals surface area contributed by atoms with E-state index in [-0.39, 0.29) is 5.70 Å². The maximum Gasteiger partial charge on any atom is 0.326 e. The SMILES string of the molecule is C=CCn1cc(C=C2NC(=O)NC2=O)c2ccccc21. The Morgan fingerprint density at radius 3 is 2.70 bits per heavy atom. The third-order valence-electron chi connectivity index (χ3n) is 3.16. The van der Waals surface area contributed by atoms with Gasteiger partial charge < -0.3 is 9.88 Å². The topological polar surface area (TPSA) is 63.1 Å². The highest BCUT2D eigenvalue weighted by molar-refractivity contribution is 6.14. The standard InChI is InChI=1S/C15H13N3O2/c1-2-7-18-9-10(11-5-3-4-6-13(11)18)8-12-14(19)17-15(20)16-12/h2-6,8-9H,1,7H2,(H2,16,17,19,20). The van der Waals surface area contributed by atoms with E-state index in [0.717, 1.165) is 16.5 Å². The second-order valence-electron chi connectivity index (χ2n) is 4.51. The van der Waals surface area contributed by atoms with Crippen LogP contribution in [0.4, 0.5) is 4.79 Å². The summed E-state index contributed by atoms with van der Waals surface area (Å²) in [4.78, 5) is 22.7. The summed E-state index contributed by atoms with van der Waals surface area (Å²) in [6.45, 7) is 4.42. The Balaban J connectivity index is 2.12. The molecule has 0 spiro atoms. The zero-order valence-corrected chi connectivity index (χ0v) is 10.7. The average Bonchev–Trinajstić information content (AvgIpc) is 2.93. The number of imide groups is 1. The monoisotopic (exact) mass is 267 g/mol. The van der Waals surface area contributed by atoms with Crippen LogP contribution < -0.4 is 10.6 Å². The van der Waals surface area contributed by atoms with Gasteiger partial charge in [0.05, 0.1) is 0 Å². The molecule has 3 rings (SSSR count). The molecular weight excluding hydrogens is 254 g/mol. The molecule has 1 aliphatic heterocycles. The van der Waals surface area contributed by atoms with Crippen LogP contribution in [0, 0.1) is 0 Å². The summed E-state index contributed by atoms with van der Waals surface area (Å²) in [7, 11) is 0. The van der Waals surface area contributed by atoms with Gasteiger partial charge in [-0.25, -0.2) is 4.79 Å². The lowest BCUT2D eigenvalue weighted by Gasteiger charge is -1.98. The molecule has 0 bridgehead atoms. The van der Waals surface area contributed by atoms with Crippen molar-refractivity contribution in [2.24, 2.45) is 0 Å². The van der Waals surface area contributed by atoms with Crippen LogP contribution in [0.2, 0.25) is 0 Å². The highest BCUT2D eigenvalue weighted by atomic mass is 16.2. The van der Waals surface area contributed by atoms with Gasteiger partial charge in [0.2, 0.25) is 0 Å². The molecule has 0 saturated carbocycles. The molecule has 100 valence electrons. The minimum absolute atomic E-state index is 0.261. The summed E-state index contributed by atoms with van der Waals surface area (Å²) in [5, 5.41) is 5.70. The maximum atomic E-state index is 11.6. The number of hydrogen-bond acceptors (Lipinski definition) is 2. The Kier molecular flexibility index (Phi) is 2.87. The molecule has 2 aromatic rings. The Hall–Kier alpha value is -2.82. The van der Waals surface area contributed by atoms with Crippen molar-refractivity contribution in [2.45, 2.75) is 6.54 Å². The molecule has 3 amide bonds. The number of rotatable bonds is 3. The van der Waals surface area contributed by atoms with E-state index in [4.69, 9.17) is 0 Å². The van der Waals surface area contributed by atoms with E-state index in [1.165, 1.54) is 0 Å². The van der Waals surface area contributed by atoms with Gasteiger partial charge in [-0.05, 0) is 12.1 Å². The van der Waals surface area contributed by atoms with Gasteiger partial charge in [0, 0.05) is 29.2 Å². The van der Waals surface area contributed by atoms with Gasteiger partial charge in [0.15, 0.2) is 0 Å². The third kappa shape index (κ3) is 1.99. The van der Waals surface area contributed by atoms with Gasteiger partial charge >= 0.3 is 6.03 Å². The van der Waals surface area contributed by atoms with Crippen molar-refractivity contribution < 1.29 is 9.59 Å². The van der Waals surface area contributed by atoms with Crippen molar-refractivity contribution in [3.05, 3.63) is 54.4 Å². The predicted octanol–water partition coefficient (Wildman–Crippen LogP) is 2.01. The fraction of sp³-hybridized carbons (Fsp3) is 0.0667. The van der Waals surface area contributed by atoms with Gasteiger partial charge in [0.1, 0.15) is 5.70 Å². The number of aromatic nitrogens is 1. The quantitative estimate of drug-likeness (QED) is 0.507. The third-order valence-corrected chi connectivity index (χ3v) is 3.16. The minimum Gasteiger partial charge on any atom is -0.343 e. The molecular formula is C15H13N3O2. The average molecular weight is 267 g/mol. The van der Waals surface area contributed by atoms with Crippen LogP contribution in [0.25, 0.3) is 17.0 Å². The second-order valence-corrected chi connectivity index (χ2v) is 4.51. The highest BCUT2D eigenvalue weighted by Crippen LogP contribution is 2.23. The van der Waals surface area contributed by atoms with Crippen molar-refractivity contribution >= 4 is 28.9 Å². The number of nitrogens with one attached hydrogen (secondary N) is 2. The van der Waals surface area contributed by atoms with Crippen LogP contribution in [-0.2, 0) is 11.3 Å². The number of hydrogen-bond donors (Lipinski definition) is 2. The zero-order chi connectivity index (χ0) is 14.1. The summed E-state index contributed by atoms with van der Waals surface area (Å²) in [5.74, 6) is -0.407. The second kappa shape index (κ2) is 4.70. The number of amides is 3. The number of para-hydroxylation sites is 1. The molecule has 1 aliphatic rings. The molecule has 2 N–H and O–H groups in total. The van der Waals surface area contributed by atoms with E-state index < -0.39 is 11.9 Å².